The Morgan fingerprint density at radius 2 is 2.11 bits per heavy atom. The van der Waals surface area contributed by atoms with Crippen LogP contribution in [0.25, 0.3) is 10.2 Å². The van der Waals surface area contributed by atoms with Gasteiger partial charge in [-0.15, -0.1) is 23.1 Å². The second kappa shape index (κ2) is 6.38. The van der Waals surface area contributed by atoms with Crippen LogP contribution in [-0.4, -0.2) is 15.7 Å². The molecule has 0 bridgehead atoms. The molecule has 2 aromatic rings. The molecule has 0 aromatic carbocycles. The van der Waals surface area contributed by atoms with E-state index in [0.29, 0.717) is 5.95 Å². The van der Waals surface area contributed by atoms with E-state index in [0.717, 1.165) is 22.0 Å². The van der Waals surface area contributed by atoms with Crippen LogP contribution in [0, 0.1) is 0 Å². The fourth-order valence-corrected chi connectivity index (χ4v) is 3.82. The molecule has 0 unspecified atom stereocenters. The average molecular weight is 281 g/mol. The molecule has 2 heterocycles. The lowest BCUT2D eigenvalue weighted by molar-refractivity contribution is 0.778. The normalized spacial score (nSPS) is 11.2. The minimum absolute atomic E-state index is 0.394. The topological polar surface area (TPSA) is 51.8 Å². The van der Waals surface area contributed by atoms with Gasteiger partial charge in [0, 0.05) is 10.3 Å². The van der Waals surface area contributed by atoms with E-state index < -0.39 is 0 Å². The van der Waals surface area contributed by atoms with Gasteiger partial charge in [-0.05, 0) is 24.7 Å². The summed E-state index contributed by atoms with van der Waals surface area (Å²) in [6, 6.07) is 2.21. The van der Waals surface area contributed by atoms with E-state index in [1.54, 1.807) is 23.1 Å². The van der Waals surface area contributed by atoms with Gasteiger partial charge < -0.3 is 5.73 Å². The Labute approximate surface area is 116 Å². The van der Waals surface area contributed by atoms with Crippen molar-refractivity contribution in [2.45, 2.75) is 44.6 Å². The monoisotopic (exact) mass is 281 g/mol. The van der Waals surface area contributed by atoms with Crippen LogP contribution in [0.1, 0.15) is 38.0 Å². The van der Waals surface area contributed by atoms with Crippen LogP contribution in [0.4, 0.5) is 5.95 Å². The standard InChI is InChI=1S/C13H19N3S2/c1-3-5-6-7-17-11-10-8-9(4-2)18-12(10)16-13(14)15-11/h8H,3-7H2,1-2H3,(H2,14,15,16). The van der Waals surface area contributed by atoms with Gasteiger partial charge in [-0.2, -0.15) is 0 Å². The maximum absolute atomic E-state index is 5.78. The van der Waals surface area contributed by atoms with Crippen molar-refractivity contribution in [3.63, 3.8) is 0 Å². The number of anilines is 1. The highest BCUT2D eigenvalue weighted by Crippen LogP contribution is 2.32. The molecule has 3 nitrogen and oxygen atoms in total. The molecular weight excluding hydrogens is 262 g/mol. The smallest absolute Gasteiger partial charge is 0.222 e. The minimum atomic E-state index is 0.394. The molecule has 0 fully saturated rings. The molecule has 0 atom stereocenters. The Morgan fingerprint density at radius 3 is 2.83 bits per heavy atom. The number of nitrogens with zero attached hydrogens (tertiary/aromatic N) is 2. The highest BCUT2D eigenvalue weighted by molar-refractivity contribution is 7.99. The van der Waals surface area contributed by atoms with Crippen LogP contribution in [0.3, 0.4) is 0 Å². The molecule has 0 saturated carbocycles. The van der Waals surface area contributed by atoms with Gasteiger partial charge in [0.15, 0.2) is 0 Å². The van der Waals surface area contributed by atoms with Crippen LogP contribution in [0.2, 0.25) is 0 Å². The molecule has 98 valence electrons. The van der Waals surface area contributed by atoms with Gasteiger partial charge in [-0.1, -0.05) is 26.7 Å². The number of thioether (sulfide) groups is 1. The molecule has 0 radical (unpaired) electrons. The molecule has 2 aromatic heterocycles. The van der Waals surface area contributed by atoms with Crippen molar-refractivity contribution in [3.05, 3.63) is 10.9 Å². The summed E-state index contributed by atoms with van der Waals surface area (Å²) >= 11 is 3.53. The van der Waals surface area contributed by atoms with Crippen molar-refractivity contribution in [2.75, 3.05) is 11.5 Å². The van der Waals surface area contributed by atoms with E-state index >= 15 is 0 Å². The first-order valence-corrected chi connectivity index (χ1v) is 8.23. The number of fused-ring (bicyclic) bond motifs is 1. The zero-order chi connectivity index (χ0) is 13.0. The predicted octanol–water partition coefficient (Wildman–Crippen LogP) is 4.12. The Kier molecular flexibility index (Phi) is 4.83. The highest BCUT2D eigenvalue weighted by atomic mass is 32.2. The van der Waals surface area contributed by atoms with Crippen molar-refractivity contribution in [1.29, 1.82) is 0 Å². The van der Waals surface area contributed by atoms with Crippen LogP contribution >= 0.6 is 23.1 Å². The number of nitrogen functional groups attached to an aromatic ring is 1. The lowest BCUT2D eigenvalue weighted by Crippen LogP contribution is -1.96. The molecular formula is C13H19N3S2. The summed E-state index contributed by atoms with van der Waals surface area (Å²) in [7, 11) is 0. The van der Waals surface area contributed by atoms with Gasteiger partial charge in [0.25, 0.3) is 0 Å². The van der Waals surface area contributed by atoms with E-state index in [1.807, 2.05) is 0 Å². The van der Waals surface area contributed by atoms with Crippen molar-refractivity contribution < 1.29 is 0 Å². The maximum Gasteiger partial charge on any atom is 0.222 e. The third-order valence-electron chi connectivity index (χ3n) is 2.76. The summed E-state index contributed by atoms with van der Waals surface area (Å²) in [6.45, 7) is 4.38. The van der Waals surface area contributed by atoms with Crippen LogP contribution in [0.5, 0.6) is 0 Å². The van der Waals surface area contributed by atoms with Crippen LogP contribution in [0.15, 0.2) is 11.1 Å². The minimum Gasteiger partial charge on any atom is -0.368 e. The van der Waals surface area contributed by atoms with E-state index in [-0.39, 0.29) is 0 Å². The van der Waals surface area contributed by atoms with Crippen molar-refractivity contribution in [1.82, 2.24) is 9.97 Å². The molecule has 0 aliphatic rings. The number of aromatic nitrogens is 2. The number of aryl methyl sites for hydroxylation is 1. The summed E-state index contributed by atoms with van der Waals surface area (Å²) in [4.78, 5) is 11.1. The van der Waals surface area contributed by atoms with Crippen molar-refractivity contribution >= 4 is 39.3 Å². The zero-order valence-electron chi connectivity index (χ0n) is 10.9. The molecule has 0 aliphatic carbocycles. The van der Waals surface area contributed by atoms with E-state index in [1.165, 1.54) is 29.5 Å². The van der Waals surface area contributed by atoms with E-state index in [9.17, 15) is 0 Å². The SMILES string of the molecule is CCCCCSc1nc(N)nc2sc(CC)cc12. The third kappa shape index (κ3) is 3.14. The summed E-state index contributed by atoms with van der Waals surface area (Å²) < 4.78 is 0. The average Bonchev–Trinajstić information content (AvgIpc) is 2.77. The Balaban J connectivity index is 2.21. The Morgan fingerprint density at radius 1 is 1.28 bits per heavy atom. The number of rotatable bonds is 6. The van der Waals surface area contributed by atoms with Gasteiger partial charge in [0.05, 0.1) is 0 Å². The van der Waals surface area contributed by atoms with E-state index in [4.69, 9.17) is 5.73 Å². The largest absolute Gasteiger partial charge is 0.368 e. The third-order valence-corrected chi connectivity index (χ3v) is 5.01. The lowest BCUT2D eigenvalue weighted by Gasteiger charge is -2.02. The highest BCUT2D eigenvalue weighted by Gasteiger charge is 2.10. The van der Waals surface area contributed by atoms with Gasteiger partial charge in [0.2, 0.25) is 5.95 Å². The number of thiophene rings is 1. The number of nitrogens with two attached hydrogens (primary N) is 1. The lowest BCUT2D eigenvalue weighted by atomic mass is 10.3. The van der Waals surface area contributed by atoms with Gasteiger partial charge in [0.1, 0.15) is 9.86 Å². The molecule has 0 amide bonds. The van der Waals surface area contributed by atoms with Crippen LogP contribution in [-0.2, 0) is 6.42 Å². The molecule has 0 aliphatic heterocycles. The first kappa shape index (κ1) is 13.6. The summed E-state index contributed by atoms with van der Waals surface area (Å²) in [5.41, 5.74) is 5.78. The Hall–Kier alpha value is -0.810. The van der Waals surface area contributed by atoms with Crippen LogP contribution < -0.4 is 5.73 Å². The molecule has 18 heavy (non-hydrogen) atoms. The first-order chi connectivity index (χ1) is 8.74. The zero-order valence-corrected chi connectivity index (χ0v) is 12.5. The summed E-state index contributed by atoms with van der Waals surface area (Å²) in [5, 5.41) is 2.22. The van der Waals surface area contributed by atoms with Crippen molar-refractivity contribution in [2.24, 2.45) is 0 Å². The second-order valence-electron chi connectivity index (χ2n) is 4.23. The molecule has 0 spiro atoms. The van der Waals surface area contributed by atoms with Gasteiger partial charge in [-0.3, -0.25) is 0 Å². The van der Waals surface area contributed by atoms with Gasteiger partial charge in [-0.25, -0.2) is 9.97 Å². The number of hydrogen-bond acceptors (Lipinski definition) is 5. The maximum atomic E-state index is 5.78. The molecule has 0 saturated heterocycles. The quantitative estimate of drug-likeness (QED) is 0.491. The number of hydrogen-bond donors (Lipinski definition) is 1. The van der Waals surface area contributed by atoms with E-state index in [2.05, 4.69) is 29.9 Å². The molecule has 2 N–H and O–H groups in total. The Bertz CT molecular complexity index is 522. The van der Waals surface area contributed by atoms with Gasteiger partial charge >= 0.3 is 0 Å². The van der Waals surface area contributed by atoms with Crippen molar-refractivity contribution in [3.8, 4) is 0 Å². The molecule has 5 heteroatoms. The number of unbranched alkanes of at least 4 members (excludes halogenated alkanes) is 2. The second-order valence-corrected chi connectivity index (χ2v) is 6.43. The first-order valence-electron chi connectivity index (χ1n) is 6.43. The summed E-state index contributed by atoms with van der Waals surface area (Å²) in [5.74, 6) is 1.50. The summed E-state index contributed by atoms with van der Waals surface area (Å²) in [6.07, 6.45) is 4.80. The predicted molar refractivity (Wildman–Crippen MR) is 81.5 cm³/mol. The fraction of sp³-hybridized carbons (Fsp3) is 0.538. The molecule has 2 rings (SSSR count). The fourth-order valence-electron chi connectivity index (χ4n) is 1.77.